The Bertz CT molecular complexity index is 357. The molecule has 2 rings (SSSR count). The van der Waals surface area contributed by atoms with Crippen LogP contribution in [0.25, 0.3) is 0 Å². The zero-order chi connectivity index (χ0) is 10.8. The summed E-state index contributed by atoms with van der Waals surface area (Å²) in [6, 6.07) is 3.85. The van der Waals surface area contributed by atoms with Gasteiger partial charge in [-0.3, -0.25) is 0 Å². The Hall–Kier alpha value is 0.150. The molecule has 0 radical (unpaired) electrons. The lowest BCUT2D eigenvalue weighted by atomic mass is 9.84. The molecule has 0 unspecified atom stereocenters. The van der Waals surface area contributed by atoms with E-state index in [0.29, 0.717) is 10.9 Å². The minimum absolute atomic E-state index is 0.595. The summed E-state index contributed by atoms with van der Waals surface area (Å²) in [4.78, 5) is 0.765. The van der Waals surface area contributed by atoms with E-state index in [9.17, 15) is 0 Å². The van der Waals surface area contributed by atoms with Crippen LogP contribution >= 0.6 is 35.8 Å². The summed E-state index contributed by atoms with van der Waals surface area (Å²) in [5.41, 5.74) is 1.21. The maximum Gasteiger partial charge on any atom is 0.0543 e. The molecule has 0 aliphatic heterocycles. The molecule has 15 heavy (non-hydrogen) atoms. The Morgan fingerprint density at radius 1 is 1.00 bits per heavy atom. The molecule has 0 atom stereocenters. The molecule has 82 valence electrons. The first kappa shape index (κ1) is 11.6. The van der Waals surface area contributed by atoms with E-state index in [0.717, 1.165) is 9.92 Å². The largest absolute Gasteiger partial charge is 0.142 e. The molecule has 1 aromatic rings. The zero-order valence-electron chi connectivity index (χ0n) is 8.47. The van der Waals surface area contributed by atoms with Gasteiger partial charge in [-0.25, -0.2) is 0 Å². The molecule has 1 aliphatic carbocycles. The summed E-state index contributed by atoms with van der Waals surface area (Å²) in [6.07, 6.45) is 6.44. The van der Waals surface area contributed by atoms with Gasteiger partial charge in [0.1, 0.15) is 0 Å². The van der Waals surface area contributed by atoms with Gasteiger partial charge in [0, 0.05) is 9.92 Å². The number of halogens is 2. The summed E-state index contributed by atoms with van der Waals surface area (Å²) < 4.78 is 0. The monoisotopic (exact) mass is 260 g/mol. The van der Waals surface area contributed by atoms with E-state index in [1.165, 1.54) is 37.7 Å². The Kier molecular flexibility index (Phi) is 3.87. The van der Waals surface area contributed by atoms with Gasteiger partial charge in [0.15, 0.2) is 0 Å². The second kappa shape index (κ2) is 4.99. The first-order chi connectivity index (χ1) is 7.18. The van der Waals surface area contributed by atoms with Crippen LogP contribution in [-0.2, 0) is 0 Å². The predicted octanol–water partition coefficient (Wildman–Crippen LogP) is 5.33. The van der Waals surface area contributed by atoms with E-state index in [1.54, 1.807) is 0 Å². The lowest BCUT2D eigenvalue weighted by molar-refractivity contribution is 0.443. The van der Waals surface area contributed by atoms with E-state index >= 15 is 0 Å². The average Bonchev–Trinajstić information content (AvgIpc) is 2.25. The number of rotatable bonds is 1. The van der Waals surface area contributed by atoms with Crippen LogP contribution in [0.4, 0.5) is 0 Å². The molecular formula is C12H14Cl2S. The molecule has 1 saturated carbocycles. The third-order valence-electron chi connectivity index (χ3n) is 3.11. The summed E-state index contributed by atoms with van der Waals surface area (Å²) in [5.74, 6) is 0.595. The van der Waals surface area contributed by atoms with E-state index in [2.05, 4.69) is 12.6 Å². The molecular weight excluding hydrogens is 247 g/mol. The van der Waals surface area contributed by atoms with Crippen LogP contribution in [0.2, 0.25) is 10.0 Å². The number of thiol groups is 1. The fourth-order valence-corrected chi connectivity index (χ4v) is 3.04. The van der Waals surface area contributed by atoms with Crippen LogP contribution in [0.1, 0.15) is 43.6 Å². The highest BCUT2D eigenvalue weighted by Crippen LogP contribution is 2.39. The highest BCUT2D eigenvalue weighted by atomic mass is 35.5. The maximum atomic E-state index is 6.23. The molecule has 0 amide bonds. The van der Waals surface area contributed by atoms with E-state index in [4.69, 9.17) is 23.2 Å². The van der Waals surface area contributed by atoms with Crippen molar-refractivity contribution in [2.75, 3.05) is 0 Å². The van der Waals surface area contributed by atoms with E-state index in [1.807, 2.05) is 12.1 Å². The number of hydrogen-bond donors (Lipinski definition) is 1. The van der Waals surface area contributed by atoms with Gasteiger partial charge in [-0.05, 0) is 36.5 Å². The zero-order valence-corrected chi connectivity index (χ0v) is 10.9. The SMILES string of the molecule is Sc1cc(Cl)c(C2CCCCC2)cc1Cl. The average molecular weight is 261 g/mol. The van der Waals surface area contributed by atoms with Crippen LogP contribution in [-0.4, -0.2) is 0 Å². The first-order valence-electron chi connectivity index (χ1n) is 5.36. The second-order valence-electron chi connectivity index (χ2n) is 4.16. The molecule has 1 fully saturated rings. The van der Waals surface area contributed by atoms with Crippen LogP contribution in [0, 0.1) is 0 Å². The third kappa shape index (κ3) is 2.64. The highest BCUT2D eigenvalue weighted by molar-refractivity contribution is 7.80. The molecule has 0 aromatic heterocycles. The van der Waals surface area contributed by atoms with Crippen LogP contribution in [0.3, 0.4) is 0 Å². The van der Waals surface area contributed by atoms with E-state index in [-0.39, 0.29) is 0 Å². The van der Waals surface area contributed by atoms with Crippen LogP contribution < -0.4 is 0 Å². The van der Waals surface area contributed by atoms with Crippen molar-refractivity contribution in [3.05, 3.63) is 27.7 Å². The van der Waals surface area contributed by atoms with Crippen LogP contribution in [0.15, 0.2) is 17.0 Å². The molecule has 0 saturated heterocycles. The Morgan fingerprint density at radius 3 is 2.33 bits per heavy atom. The van der Waals surface area contributed by atoms with Crippen molar-refractivity contribution in [1.82, 2.24) is 0 Å². The fourth-order valence-electron chi connectivity index (χ4n) is 2.28. The summed E-state index contributed by atoms with van der Waals surface area (Å²) in [7, 11) is 0. The standard InChI is InChI=1S/C12H14Cl2S/c13-10-7-12(15)11(14)6-9(10)8-4-2-1-3-5-8/h6-8,15H,1-5H2. The van der Waals surface area contributed by atoms with Crippen molar-refractivity contribution < 1.29 is 0 Å². The molecule has 1 aliphatic rings. The van der Waals surface area contributed by atoms with Gasteiger partial charge in [0.2, 0.25) is 0 Å². The third-order valence-corrected chi connectivity index (χ3v) is 4.25. The molecule has 0 N–H and O–H groups in total. The molecule has 0 heterocycles. The maximum absolute atomic E-state index is 6.23. The highest BCUT2D eigenvalue weighted by Gasteiger charge is 2.18. The predicted molar refractivity (Wildman–Crippen MR) is 69.5 cm³/mol. The minimum atomic E-state index is 0.595. The Balaban J connectivity index is 2.30. The number of benzene rings is 1. The molecule has 1 aromatic carbocycles. The first-order valence-corrected chi connectivity index (χ1v) is 6.56. The normalized spacial score (nSPS) is 18.1. The van der Waals surface area contributed by atoms with Crippen LogP contribution in [0.5, 0.6) is 0 Å². The summed E-state index contributed by atoms with van der Waals surface area (Å²) in [6.45, 7) is 0. The topological polar surface area (TPSA) is 0 Å². The van der Waals surface area contributed by atoms with Crippen molar-refractivity contribution in [3.63, 3.8) is 0 Å². The molecule has 0 spiro atoms. The van der Waals surface area contributed by atoms with Crippen molar-refractivity contribution in [3.8, 4) is 0 Å². The van der Waals surface area contributed by atoms with Gasteiger partial charge in [-0.1, -0.05) is 42.5 Å². The van der Waals surface area contributed by atoms with Gasteiger partial charge in [0.05, 0.1) is 5.02 Å². The van der Waals surface area contributed by atoms with Gasteiger partial charge in [-0.15, -0.1) is 12.6 Å². The van der Waals surface area contributed by atoms with Gasteiger partial charge >= 0.3 is 0 Å². The summed E-state index contributed by atoms with van der Waals surface area (Å²) in [5, 5.41) is 1.53. The van der Waals surface area contributed by atoms with Gasteiger partial charge in [-0.2, -0.15) is 0 Å². The minimum Gasteiger partial charge on any atom is -0.142 e. The lowest BCUT2D eigenvalue weighted by Gasteiger charge is -2.23. The van der Waals surface area contributed by atoms with Crippen molar-refractivity contribution in [1.29, 1.82) is 0 Å². The lowest BCUT2D eigenvalue weighted by Crippen LogP contribution is -2.05. The Labute approximate surface area is 106 Å². The fraction of sp³-hybridized carbons (Fsp3) is 0.500. The second-order valence-corrected chi connectivity index (χ2v) is 5.46. The summed E-state index contributed by atoms with van der Waals surface area (Å²) >= 11 is 16.6. The van der Waals surface area contributed by atoms with Crippen molar-refractivity contribution >= 4 is 35.8 Å². The van der Waals surface area contributed by atoms with Crippen molar-refractivity contribution in [2.24, 2.45) is 0 Å². The van der Waals surface area contributed by atoms with E-state index < -0.39 is 0 Å². The number of hydrogen-bond acceptors (Lipinski definition) is 1. The molecule has 0 bridgehead atoms. The van der Waals surface area contributed by atoms with Crippen molar-refractivity contribution in [2.45, 2.75) is 42.9 Å². The molecule has 3 heteroatoms. The quantitative estimate of drug-likeness (QED) is 0.649. The van der Waals surface area contributed by atoms with Gasteiger partial charge in [0.25, 0.3) is 0 Å². The smallest absolute Gasteiger partial charge is 0.0543 e. The Morgan fingerprint density at radius 2 is 1.67 bits per heavy atom. The van der Waals surface area contributed by atoms with Gasteiger partial charge < -0.3 is 0 Å². The molecule has 0 nitrogen and oxygen atoms in total.